The highest BCUT2D eigenvalue weighted by molar-refractivity contribution is 5.81. The Labute approximate surface area is 124 Å². The van der Waals surface area contributed by atoms with Gasteiger partial charge in [-0.1, -0.05) is 26.7 Å². The monoisotopic (exact) mass is 280 g/mol. The Hall–Kier alpha value is -0.570. The van der Waals surface area contributed by atoms with Gasteiger partial charge < -0.3 is 10.2 Å². The number of nitrogens with one attached hydrogen (secondary N) is 1. The lowest BCUT2D eigenvalue weighted by molar-refractivity contribution is -0.133. The molecular weight excluding hydrogens is 248 g/mol. The van der Waals surface area contributed by atoms with E-state index in [4.69, 9.17) is 0 Å². The van der Waals surface area contributed by atoms with Gasteiger partial charge in [-0.2, -0.15) is 0 Å². The maximum atomic E-state index is 12.6. The van der Waals surface area contributed by atoms with E-state index < -0.39 is 0 Å². The average Bonchev–Trinajstić information content (AvgIpc) is 2.65. The summed E-state index contributed by atoms with van der Waals surface area (Å²) < 4.78 is 0. The summed E-state index contributed by atoms with van der Waals surface area (Å²) in [5, 5.41) is 3.61. The minimum atomic E-state index is -0.0180. The van der Waals surface area contributed by atoms with Gasteiger partial charge in [-0.15, -0.1) is 0 Å². The summed E-state index contributed by atoms with van der Waals surface area (Å²) in [7, 11) is 0. The highest BCUT2D eigenvalue weighted by Gasteiger charge is 2.28. The molecule has 3 unspecified atom stereocenters. The Morgan fingerprint density at radius 1 is 1.00 bits per heavy atom. The molecule has 0 aromatic heterocycles. The van der Waals surface area contributed by atoms with Gasteiger partial charge in [-0.25, -0.2) is 0 Å². The number of rotatable bonds is 3. The Morgan fingerprint density at radius 2 is 1.55 bits per heavy atom. The van der Waals surface area contributed by atoms with E-state index in [1.807, 2.05) is 0 Å². The molecule has 0 bridgehead atoms. The van der Waals surface area contributed by atoms with E-state index in [1.54, 1.807) is 0 Å². The molecule has 2 rings (SSSR count). The van der Waals surface area contributed by atoms with Crippen LogP contribution in [-0.2, 0) is 4.79 Å². The molecule has 1 N–H and O–H groups in total. The van der Waals surface area contributed by atoms with Crippen LogP contribution in [-0.4, -0.2) is 36.0 Å². The fourth-order valence-corrected chi connectivity index (χ4v) is 4.07. The van der Waals surface area contributed by atoms with Crippen molar-refractivity contribution in [3.8, 4) is 0 Å². The van der Waals surface area contributed by atoms with Crippen LogP contribution in [0.25, 0.3) is 0 Å². The van der Waals surface area contributed by atoms with Gasteiger partial charge in [0.1, 0.15) is 0 Å². The Balaban J connectivity index is 1.83. The second kappa shape index (κ2) is 7.44. The zero-order chi connectivity index (χ0) is 14.5. The van der Waals surface area contributed by atoms with E-state index in [2.05, 4.69) is 31.0 Å². The molecule has 2 aliphatic rings. The van der Waals surface area contributed by atoms with Crippen LogP contribution in [0.5, 0.6) is 0 Å². The lowest BCUT2D eigenvalue weighted by Crippen LogP contribution is -2.50. The van der Waals surface area contributed by atoms with E-state index in [0.717, 1.165) is 24.9 Å². The number of carbonyl (C=O) groups excluding carboxylic acids is 1. The molecule has 20 heavy (non-hydrogen) atoms. The first kappa shape index (κ1) is 15.8. The van der Waals surface area contributed by atoms with Crippen LogP contribution in [0.2, 0.25) is 0 Å². The molecule has 1 aliphatic heterocycles. The van der Waals surface area contributed by atoms with Crippen molar-refractivity contribution in [3.63, 3.8) is 0 Å². The van der Waals surface area contributed by atoms with Crippen LogP contribution in [0.15, 0.2) is 0 Å². The van der Waals surface area contributed by atoms with E-state index >= 15 is 0 Å². The van der Waals surface area contributed by atoms with Crippen LogP contribution < -0.4 is 5.32 Å². The minimum absolute atomic E-state index is 0.0180. The lowest BCUT2D eigenvalue weighted by atomic mass is 9.80. The molecular formula is C17H32N2O. The topological polar surface area (TPSA) is 32.3 Å². The summed E-state index contributed by atoms with van der Waals surface area (Å²) in [4.78, 5) is 14.6. The summed E-state index contributed by atoms with van der Waals surface area (Å²) >= 11 is 0. The zero-order valence-electron chi connectivity index (χ0n) is 13.5. The molecule has 3 atom stereocenters. The van der Waals surface area contributed by atoms with Crippen molar-refractivity contribution in [1.82, 2.24) is 10.2 Å². The van der Waals surface area contributed by atoms with Gasteiger partial charge in [0.25, 0.3) is 0 Å². The highest BCUT2D eigenvalue weighted by Crippen LogP contribution is 2.28. The maximum absolute atomic E-state index is 12.6. The van der Waals surface area contributed by atoms with Gasteiger partial charge in [0.05, 0.1) is 6.04 Å². The molecule has 1 heterocycles. The summed E-state index contributed by atoms with van der Waals surface area (Å²) in [5.74, 6) is 1.89. The predicted octanol–water partition coefficient (Wildman–Crippen LogP) is 3.19. The Morgan fingerprint density at radius 3 is 2.10 bits per heavy atom. The number of likely N-dealkylation sites (tertiary alicyclic amines) is 1. The number of amides is 1. The third-order valence-electron chi connectivity index (χ3n) is 4.95. The van der Waals surface area contributed by atoms with Gasteiger partial charge in [0.15, 0.2) is 0 Å². The van der Waals surface area contributed by atoms with Crippen LogP contribution in [0, 0.1) is 11.8 Å². The molecule has 0 spiro atoms. The molecule has 1 aliphatic carbocycles. The van der Waals surface area contributed by atoms with Crippen molar-refractivity contribution in [2.75, 3.05) is 13.1 Å². The molecule has 3 nitrogen and oxygen atoms in total. The van der Waals surface area contributed by atoms with Gasteiger partial charge in [0.2, 0.25) is 5.91 Å². The van der Waals surface area contributed by atoms with Crippen molar-refractivity contribution in [2.45, 2.75) is 77.8 Å². The quantitative estimate of drug-likeness (QED) is 0.861. The summed E-state index contributed by atoms with van der Waals surface area (Å²) in [6.07, 6.45) is 8.70. The smallest absolute Gasteiger partial charge is 0.239 e. The number of hydrogen-bond donors (Lipinski definition) is 1. The van der Waals surface area contributed by atoms with Gasteiger partial charge >= 0.3 is 0 Å². The van der Waals surface area contributed by atoms with Crippen molar-refractivity contribution in [2.24, 2.45) is 11.8 Å². The molecule has 3 heteroatoms. The summed E-state index contributed by atoms with van der Waals surface area (Å²) in [6, 6.07) is 0.510. The Kier molecular flexibility index (Phi) is 5.88. The van der Waals surface area contributed by atoms with E-state index in [1.165, 1.54) is 44.9 Å². The van der Waals surface area contributed by atoms with Gasteiger partial charge in [-0.3, -0.25) is 4.79 Å². The predicted molar refractivity (Wildman–Crippen MR) is 83.6 cm³/mol. The van der Waals surface area contributed by atoms with E-state index in [0.29, 0.717) is 11.9 Å². The fraction of sp³-hybridized carbons (Fsp3) is 0.941. The molecule has 1 amide bonds. The highest BCUT2D eigenvalue weighted by atomic mass is 16.2. The number of hydrogen-bond acceptors (Lipinski definition) is 2. The third kappa shape index (κ3) is 4.47. The first-order valence-electron chi connectivity index (χ1n) is 8.61. The number of carbonyl (C=O) groups is 1. The molecule has 2 fully saturated rings. The molecule has 1 saturated carbocycles. The molecule has 116 valence electrons. The molecule has 0 radical (unpaired) electrons. The lowest BCUT2D eigenvalue weighted by Gasteiger charge is -2.34. The van der Waals surface area contributed by atoms with Gasteiger partial charge in [-0.05, 0) is 50.9 Å². The summed E-state index contributed by atoms with van der Waals surface area (Å²) in [5.41, 5.74) is 0. The third-order valence-corrected chi connectivity index (χ3v) is 4.95. The van der Waals surface area contributed by atoms with Crippen LogP contribution in [0.4, 0.5) is 0 Å². The second-order valence-corrected chi connectivity index (χ2v) is 7.24. The average molecular weight is 280 g/mol. The SMILES string of the molecule is CC1CC(C)CC(NC(C)C(=O)N2CCCCCC2)C1. The first-order valence-corrected chi connectivity index (χ1v) is 8.61. The van der Waals surface area contributed by atoms with E-state index in [9.17, 15) is 4.79 Å². The maximum Gasteiger partial charge on any atom is 0.239 e. The van der Waals surface area contributed by atoms with Crippen molar-refractivity contribution >= 4 is 5.91 Å². The molecule has 0 aromatic carbocycles. The Bertz CT molecular complexity index is 300. The largest absolute Gasteiger partial charge is 0.341 e. The van der Waals surface area contributed by atoms with E-state index in [-0.39, 0.29) is 6.04 Å². The normalized spacial score (nSPS) is 33.5. The van der Waals surface area contributed by atoms with Crippen molar-refractivity contribution in [1.29, 1.82) is 0 Å². The van der Waals surface area contributed by atoms with Gasteiger partial charge in [0, 0.05) is 19.1 Å². The molecule has 0 aromatic rings. The van der Waals surface area contributed by atoms with Crippen LogP contribution >= 0.6 is 0 Å². The zero-order valence-corrected chi connectivity index (χ0v) is 13.5. The molecule has 1 saturated heterocycles. The van der Waals surface area contributed by atoms with Crippen molar-refractivity contribution < 1.29 is 4.79 Å². The van der Waals surface area contributed by atoms with Crippen LogP contribution in [0.1, 0.15) is 65.7 Å². The number of nitrogens with zero attached hydrogens (tertiary/aromatic N) is 1. The fourth-order valence-electron chi connectivity index (χ4n) is 4.07. The summed E-state index contributed by atoms with van der Waals surface area (Å²) in [6.45, 7) is 8.65. The standard InChI is InChI=1S/C17H32N2O/c1-13-10-14(2)12-16(11-13)18-15(3)17(20)19-8-6-4-5-7-9-19/h13-16,18H,4-12H2,1-3H3. The second-order valence-electron chi connectivity index (χ2n) is 7.24. The van der Waals surface area contributed by atoms with Crippen molar-refractivity contribution in [3.05, 3.63) is 0 Å². The first-order chi connectivity index (χ1) is 9.56. The minimum Gasteiger partial charge on any atom is -0.341 e. The van der Waals surface area contributed by atoms with Crippen LogP contribution in [0.3, 0.4) is 0 Å².